The second-order valence-electron chi connectivity index (χ2n) is 9.89. The number of rotatable bonds is 7. The Morgan fingerprint density at radius 1 is 1.00 bits per heavy atom. The van der Waals surface area contributed by atoms with E-state index < -0.39 is 60.7 Å². The van der Waals surface area contributed by atoms with Crippen molar-refractivity contribution in [3.8, 4) is 0 Å². The van der Waals surface area contributed by atoms with Crippen molar-refractivity contribution in [1.29, 1.82) is 0 Å². The normalized spacial score (nSPS) is 50.2. The SMILES string of the molecule is CNC(C)C1CCC(N)C(OC2CC(OC3OCC(C)(O)C(NC)C3O)C(N)C(O)C2N)O1. The topological polar surface area (TPSA) is 200 Å². The molecule has 2 saturated heterocycles. The molecule has 12 nitrogen and oxygen atoms in total. The van der Waals surface area contributed by atoms with Crippen LogP contribution in [-0.4, -0.2) is 115 Å². The monoisotopic (exact) mass is 477 g/mol. The summed E-state index contributed by atoms with van der Waals surface area (Å²) in [6.07, 6.45) is -3.59. The van der Waals surface area contributed by atoms with Crippen molar-refractivity contribution in [3.05, 3.63) is 0 Å². The molecule has 0 bridgehead atoms. The largest absolute Gasteiger partial charge is 0.390 e. The third-order valence-corrected chi connectivity index (χ3v) is 7.33. The Kier molecular flexibility index (Phi) is 9.09. The van der Waals surface area contributed by atoms with E-state index in [9.17, 15) is 15.3 Å². The van der Waals surface area contributed by atoms with Gasteiger partial charge in [0.15, 0.2) is 12.6 Å². The lowest BCUT2D eigenvalue weighted by molar-refractivity contribution is -0.295. The van der Waals surface area contributed by atoms with Gasteiger partial charge >= 0.3 is 0 Å². The summed E-state index contributed by atoms with van der Waals surface area (Å²) in [6, 6.07) is -2.45. The van der Waals surface area contributed by atoms with Crippen molar-refractivity contribution in [2.75, 3.05) is 20.7 Å². The molecule has 2 heterocycles. The van der Waals surface area contributed by atoms with Crippen molar-refractivity contribution in [2.24, 2.45) is 17.2 Å². The molecule has 3 rings (SSSR count). The second kappa shape index (κ2) is 11.1. The zero-order valence-corrected chi connectivity index (χ0v) is 20.0. The van der Waals surface area contributed by atoms with Crippen LogP contribution in [0.3, 0.4) is 0 Å². The van der Waals surface area contributed by atoms with Crippen molar-refractivity contribution in [3.63, 3.8) is 0 Å². The number of hydrogen-bond acceptors (Lipinski definition) is 12. The maximum atomic E-state index is 10.7. The van der Waals surface area contributed by atoms with Crippen molar-refractivity contribution < 1.29 is 34.3 Å². The molecule has 12 heteroatoms. The first-order valence-electron chi connectivity index (χ1n) is 11.8. The molecule has 3 fully saturated rings. The summed E-state index contributed by atoms with van der Waals surface area (Å²) in [5, 5.41) is 37.9. The van der Waals surface area contributed by atoms with E-state index in [1.807, 2.05) is 14.0 Å². The van der Waals surface area contributed by atoms with E-state index in [2.05, 4.69) is 10.6 Å². The third kappa shape index (κ3) is 5.85. The molecule has 194 valence electrons. The Morgan fingerprint density at radius 3 is 2.18 bits per heavy atom. The highest BCUT2D eigenvalue weighted by molar-refractivity contribution is 5.02. The molecule has 11 N–H and O–H groups in total. The Hall–Kier alpha value is -0.480. The molecule has 0 radical (unpaired) electrons. The molecule has 0 aromatic rings. The third-order valence-electron chi connectivity index (χ3n) is 7.33. The molecule has 33 heavy (non-hydrogen) atoms. The fraction of sp³-hybridized carbons (Fsp3) is 1.00. The van der Waals surface area contributed by atoms with Gasteiger partial charge in [-0.15, -0.1) is 0 Å². The highest BCUT2D eigenvalue weighted by Crippen LogP contribution is 2.31. The highest BCUT2D eigenvalue weighted by Gasteiger charge is 2.50. The zero-order chi connectivity index (χ0) is 24.5. The van der Waals surface area contributed by atoms with Gasteiger partial charge in [0.1, 0.15) is 11.7 Å². The van der Waals surface area contributed by atoms with Gasteiger partial charge in [-0.1, -0.05) is 0 Å². The first kappa shape index (κ1) is 27.1. The lowest BCUT2D eigenvalue weighted by atomic mass is 9.84. The van der Waals surface area contributed by atoms with Gasteiger partial charge in [-0.3, -0.25) is 0 Å². The molecule has 0 amide bonds. The summed E-state index contributed by atoms with van der Waals surface area (Å²) < 4.78 is 23.9. The second-order valence-corrected chi connectivity index (χ2v) is 9.89. The van der Waals surface area contributed by atoms with E-state index in [4.69, 9.17) is 36.1 Å². The first-order valence-corrected chi connectivity index (χ1v) is 11.8. The van der Waals surface area contributed by atoms with Crippen LogP contribution in [0.2, 0.25) is 0 Å². The molecule has 2 aliphatic heterocycles. The summed E-state index contributed by atoms with van der Waals surface area (Å²) in [7, 11) is 3.51. The molecule has 13 unspecified atom stereocenters. The smallest absolute Gasteiger partial charge is 0.185 e. The van der Waals surface area contributed by atoms with Crippen LogP contribution in [0.5, 0.6) is 0 Å². The van der Waals surface area contributed by atoms with Crippen molar-refractivity contribution >= 4 is 0 Å². The number of aliphatic hydroxyl groups excluding tert-OH is 2. The van der Waals surface area contributed by atoms with Gasteiger partial charge < -0.3 is 62.1 Å². The van der Waals surface area contributed by atoms with Crippen LogP contribution in [0.15, 0.2) is 0 Å². The molecular weight excluding hydrogens is 434 g/mol. The fourth-order valence-electron chi connectivity index (χ4n) is 4.96. The van der Waals surface area contributed by atoms with E-state index in [-0.39, 0.29) is 31.2 Å². The minimum Gasteiger partial charge on any atom is -0.390 e. The predicted molar refractivity (Wildman–Crippen MR) is 120 cm³/mol. The van der Waals surface area contributed by atoms with Crippen LogP contribution < -0.4 is 27.8 Å². The molecule has 3 aliphatic rings. The van der Waals surface area contributed by atoms with Crippen LogP contribution in [-0.2, 0) is 18.9 Å². The molecule has 0 spiro atoms. The van der Waals surface area contributed by atoms with E-state index in [1.54, 1.807) is 14.0 Å². The van der Waals surface area contributed by atoms with Gasteiger partial charge in [-0.05, 0) is 40.8 Å². The quantitative estimate of drug-likeness (QED) is 0.182. The van der Waals surface area contributed by atoms with Gasteiger partial charge in [0.2, 0.25) is 0 Å². The Balaban J connectivity index is 1.67. The van der Waals surface area contributed by atoms with Gasteiger partial charge in [-0.25, -0.2) is 0 Å². The summed E-state index contributed by atoms with van der Waals surface area (Å²) in [6.45, 7) is 3.56. The maximum Gasteiger partial charge on any atom is 0.185 e. The molecule has 0 aromatic carbocycles. The predicted octanol–water partition coefficient (Wildman–Crippen LogP) is -3.33. The summed E-state index contributed by atoms with van der Waals surface area (Å²) in [4.78, 5) is 0. The molecule has 0 aromatic heterocycles. The van der Waals surface area contributed by atoms with E-state index in [0.717, 1.165) is 12.8 Å². The van der Waals surface area contributed by atoms with E-state index in [1.165, 1.54) is 0 Å². The maximum absolute atomic E-state index is 10.7. The van der Waals surface area contributed by atoms with Gasteiger partial charge in [-0.2, -0.15) is 0 Å². The average Bonchev–Trinajstić information content (AvgIpc) is 2.78. The van der Waals surface area contributed by atoms with Crippen molar-refractivity contribution in [2.45, 2.75) is 112 Å². The molecule has 1 aliphatic carbocycles. The van der Waals surface area contributed by atoms with Crippen LogP contribution in [0.25, 0.3) is 0 Å². The van der Waals surface area contributed by atoms with Crippen LogP contribution in [0.4, 0.5) is 0 Å². The number of aliphatic hydroxyl groups is 3. The summed E-state index contributed by atoms with van der Waals surface area (Å²) in [5.41, 5.74) is 17.5. The minimum absolute atomic E-state index is 0.0417. The highest BCUT2D eigenvalue weighted by atomic mass is 16.7. The lowest BCUT2D eigenvalue weighted by Crippen LogP contribution is -2.68. The van der Waals surface area contributed by atoms with Crippen molar-refractivity contribution in [1.82, 2.24) is 10.6 Å². The average molecular weight is 478 g/mol. The molecule has 13 atom stereocenters. The van der Waals surface area contributed by atoms with E-state index >= 15 is 0 Å². The number of nitrogens with one attached hydrogen (secondary N) is 2. The Morgan fingerprint density at radius 2 is 1.61 bits per heavy atom. The molecular formula is C21H43N5O7. The van der Waals surface area contributed by atoms with E-state index in [0.29, 0.717) is 0 Å². The van der Waals surface area contributed by atoms with Crippen LogP contribution in [0.1, 0.15) is 33.1 Å². The number of nitrogens with two attached hydrogens (primary N) is 3. The lowest BCUT2D eigenvalue weighted by Gasteiger charge is -2.48. The Labute approximate surface area is 195 Å². The summed E-state index contributed by atoms with van der Waals surface area (Å²) >= 11 is 0. The standard InChI is InChI=1S/C21H43N5O7/c1-9(25-3)11-6-5-10(22)19(31-11)32-12-7-13(15(24)16(27)14(12)23)33-20-17(28)18(26-4)21(2,29)8-30-20/h9-20,25-29H,5-8,22-24H2,1-4H3. The first-order chi connectivity index (χ1) is 15.5. The van der Waals surface area contributed by atoms with Crippen LogP contribution >= 0.6 is 0 Å². The van der Waals surface area contributed by atoms with Crippen LogP contribution in [0, 0.1) is 0 Å². The summed E-state index contributed by atoms with van der Waals surface area (Å²) in [5.74, 6) is 0. The van der Waals surface area contributed by atoms with Gasteiger partial charge in [0.05, 0.1) is 55.2 Å². The number of hydrogen-bond donors (Lipinski definition) is 8. The number of likely N-dealkylation sites (N-methyl/N-ethyl adjacent to an activating group) is 2. The molecule has 1 saturated carbocycles. The van der Waals surface area contributed by atoms with Gasteiger partial charge in [0, 0.05) is 12.5 Å². The fourth-order valence-corrected chi connectivity index (χ4v) is 4.96. The Bertz CT molecular complexity index is 632. The minimum atomic E-state index is -1.27. The number of ether oxygens (including phenoxy) is 4. The zero-order valence-electron chi connectivity index (χ0n) is 20.0. The van der Waals surface area contributed by atoms with Gasteiger partial charge in [0.25, 0.3) is 0 Å².